The number of hydrogen-bond donors (Lipinski definition) is 3. The lowest BCUT2D eigenvalue weighted by molar-refractivity contribution is -0.136. The summed E-state index contributed by atoms with van der Waals surface area (Å²) in [6, 6.07) is 8.41. The second kappa shape index (κ2) is 14.2. The Balaban J connectivity index is 1.68. The molecule has 224 valence electrons. The monoisotopic (exact) mass is 594 g/mol. The van der Waals surface area contributed by atoms with Crippen LogP contribution in [-0.2, 0) is 16.0 Å². The van der Waals surface area contributed by atoms with Crippen molar-refractivity contribution < 1.29 is 23.6 Å². The largest absolute Gasteiger partial charge is 0.446 e. The van der Waals surface area contributed by atoms with Gasteiger partial charge in [-0.1, -0.05) is 58.0 Å². The number of amides is 4. The molecule has 0 aliphatic carbocycles. The van der Waals surface area contributed by atoms with Crippen molar-refractivity contribution >= 4 is 35.0 Å². The van der Waals surface area contributed by atoms with Crippen LogP contribution >= 0.6 is 11.3 Å². The third-order valence-electron chi connectivity index (χ3n) is 6.67. The van der Waals surface area contributed by atoms with E-state index in [1.54, 1.807) is 5.38 Å². The van der Waals surface area contributed by atoms with Crippen molar-refractivity contribution in [2.45, 2.75) is 59.0 Å². The third kappa shape index (κ3) is 8.48. The number of oxazole rings is 1. The molecule has 11 nitrogen and oxygen atoms in total. The molecule has 1 aromatic carbocycles. The first-order chi connectivity index (χ1) is 20.1. The fourth-order valence-electron chi connectivity index (χ4n) is 4.66. The van der Waals surface area contributed by atoms with Crippen molar-refractivity contribution in [1.82, 2.24) is 30.8 Å². The number of rotatable bonds is 6. The minimum Gasteiger partial charge on any atom is -0.446 e. The van der Waals surface area contributed by atoms with Gasteiger partial charge < -0.3 is 25.3 Å². The number of carbonyl (C=O) groups is 4. The molecule has 2 atom stereocenters. The Kier molecular flexibility index (Phi) is 10.5. The summed E-state index contributed by atoms with van der Waals surface area (Å²) in [7, 11) is 0. The Morgan fingerprint density at radius 2 is 1.76 bits per heavy atom. The maximum absolute atomic E-state index is 13.3. The average Bonchev–Trinajstić information content (AvgIpc) is 3.62. The van der Waals surface area contributed by atoms with Crippen LogP contribution in [-0.4, -0.2) is 58.1 Å². The summed E-state index contributed by atoms with van der Waals surface area (Å²) in [5.41, 5.74) is 1.22. The quantitative estimate of drug-likeness (QED) is 0.395. The first-order valence-electron chi connectivity index (χ1n) is 14.2. The molecule has 0 spiro atoms. The average molecular weight is 595 g/mol. The standard InChI is InChI=1S/C30H38N6O5S/c1-18(2)12-22-30-35-24(17-42-30)27(39)31-10-11-36(26(38)13-19(3)4)15-25(37)32-21(14-20-8-6-5-7-9-20)29-34-23(16-41-29)28(40)33-22/h5-9,16-19,21-22H,10-15H2,1-4H3,(H,31,39)(H,32,37)(H,33,40)/t21-,22-/m0/s1. The van der Waals surface area contributed by atoms with Gasteiger partial charge in [-0.2, -0.15) is 0 Å². The van der Waals surface area contributed by atoms with Gasteiger partial charge in [0, 0.05) is 31.3 Å². The van der Waals surface area contributed by atoms with Gasteiger partial charge in [-0.25, -0.2) is 9.97 Å². The summed E-state index contributed by atoms with van der Waals surface area (Å²) < 4.78 is 5.74. The lowest BCUT2D eigenvalue weighted by Gasteiger charge is -2.24. The number of aromatic nitrogens is 2. The minimum absolute atomic E-state index is 0.0652. The fraction of sp³-hybridized carbons (Fsp3) is 0.467. The molecular formula is C30H38N6O5S. The first-order valence-corrected chi connectivity index (χ1v) is 15.1. The first kappa shape index (κ1) is 30.9. The zero-order valence-electron chi connectivity index (χ0n) is 24.4. The van der Waals surface area contributed by atoms with Gasteiger partial charge in [0.2, 0.25) is 17.7 Å². The van der Waals surface area contributed by atoms with E-state index in [4.69, 9.17) is 4.42 Å². The zero-order valence-corrected chi connectivity index (χ0v) is 25.2. The zero-order chi connectivity index (χ0) is 30.2. The Morgan fingerprint density at radius 1 is 1.00 bits per heavy atom. The van der Waals surface area contributed by atoms with Crippen molar-refractivity contribution in [2.24, 2.45) is 11.8 Å². The minimum atomic E-state index is -0.685. The molecule has 42 heavy (non-hydrogen) atoms. The smallest absolute Gasteiger partial charge is 0.273 e. The molecule has 0 saturated heterocycles. The summed E-state index contributed by atoms with van der Waals surface area (Å²) >= 11 is 1.29. The van der Waals surface area contributed by atoms with Gasteiger partial charge in [0.1, 0.15) is 23.0 Å². The van der Waals surface area contributed by atoms with Crippen molar-refractivity contribution in [3.8, 4) is 0 Å². The Bertz CT molecular complexity index is 1390. The van der Waals surface area contributed by atoms with Crippen LogP contribution in [0, 0.1) is 11.8 Å². The molecule has 3 heterocycles. The summed E-state index contributed by atoms with van der Waals surface area (Å²) in [6.45, 7) is 8.03. The molecule has 0 saturated carbocycles. The highest BCUT2D eigenvalue weighted by atomic mass is 32.1. The highest BCUT2D eigenvalue weighted by Gasteiger charge is 2.27. The van der Waals surface area contributed by atoms with Crippen LogP contribution in [0.1, 0.15) is 90.1 Å². The van der Waals surface area contributed by atoms with Gasteiger partial charge in [0.05, 0.1) is 12.6 Å². The molecule has 3 aromatic rings. The second-order valence-corrected chi connectivity index (χ2v) is 12.2. The number of nitrogens with zero attached hydrogens (tertiary/aromatic N) is 3. The van der Waals surface area contributed by atoms with Crippen LogP contribution in [0.2, 0.25) is 0 Å². The molecule has 0 fully saturated rings. The number of nitrogens with one attached hydrogen (secondary N) is 3. The van der Waals surface area contributed by atoms with Gasteiger partial charge >= 0.3 is 0 Å². The van der Waals surface area contributed by atoms with E-state index in [0.29, 0.717) is 17.8 Å². The molecule has 4 rings (SSSR count). The van der Waals surface area contributed by atoms with E-state index in [1.165, 1.54) is 22.5 Å². The van der Waals surface area contributed by atoms with E-state index in [-0.39, 0.29) is 61.1 Å². The second-order valence-electron chi connectivity index (χ2n) is 11.3. The fourth-order valence-corrected chi connectivity index (χ4v) is 5.52. The van der Waals surface area contributed by atoms with E-state index >= 15 is 0 Å². The number of hydrogen-bond acceptors (Lipinski definition) is 8. The van der Waals surface area contributed by atoms with Gasteiger partial charge in [-0.05, 0) is 23.8 Å². The van der Waals surface area contributed by atoms with Crippen molar-refractivity contribution in [3.05, 3.63) is 69.8 Å². The van der Waals surface area contributed by atoms with Crippen LogP contribution in [0.3, 0.4) is 0 Å². The van der Waals surface area contributed by atoms with E-state index in [0.717, 1.165) is 5.56 Å². The molecule has 4 bridgehead atoms. The molecule has 1 aliphatic rings. The van der Waals surface area contributed by atoms with Crippen LogP contribution in [0.15, 0.2) is 46.4 Å². The molecule has 4 amide bonds. The van der Waals surface area contributed by atoms with E-state index in [9.17, 15) is 19.2 Å². The Morgan fingerprint density at radius 3 is 2.48 bits per heavy atom. The molecule has 12 heteroatoms. The van der Waals surface area contributed by atoms with Crippen LogP contribution in [0.25, 0.3) is 0 Å². The highest BCUT2D eigenvalue weighted by Crippen LogP contribution is 2.26. The summed E-state index contributed by atoms with van der Waals surface area (Å²) in [6.07, 6.45) is 2.50. The van der Waals surface area contributed by atoms with E-state index in [1.807, 2.05) is 58.0 Å². The summed E-state index contributed by atoms with van der Waals surface area (Å²) in [5.74, 6) is -0.925. The number of fused-ring (bicyclic) bond motifs is 4. The van der Waals surface area contributed by atoms with E-state index in [2.05, 4.69) is 25.9 Å². The van der Waals surface area contributed by atoms with Gasteiger partial charge in [0.25, 0.3) is 11.8 Å². The van der Waals surface area contributed by atoms with Crippen molar-refractivity contribution in [2.75, 3.05) is 19.6 Å². The summed E-state index contributed by atoms with van der Waals surface area (Å²) in [4.78, 5) is 62.9. The Hall–Kier alpha value is -4.06. The normalized spacial score (nSPS) is 18.7. The number of benzene rings is 1. The van der Waals surface area contributed by atoms with Gasteiger partial charge in [-0.15, -0.1) is 11.3 Å². The van der Waals surface area contributed by atoms with Crippen LogP contribution < -0.4 is 16.0 Å². The molecular weight excluding hydrogens is 556 g/mol. The van der Waals surface area contributed by atoms with Crippen molar-refractivity contribution in [1.29, 1.82) is 0 Å². The van der Waals surface area contributed by atoms with Crippen LogP contribution in [0.5, 0.6) is 0 Å². The molecule has 2 aromatic heterocycles. The Labute approximate surface area is 249 Å². The maximum Gasteiger partial charge on any atom is 0.273 e. The van der Waals surface area contributed by atoms with Crippen LogP contribution in [0.4, 0.5) is 0 Å². The molecule has 1 aliphatic heterocycles. The highest BCUT2D eigenvalue weighted by molar-refractivity contribution is 7.09. The number of thiazole rings is 1. The summed E-state index contributed by atoms with van der Waals surface area (Å²) in [5, 5.41) is 11.0. The predicted molar refractivity (Wildman–Crippen MR) is 158 cm³/mol. The maximum atomic E-state index is 13.3. The molecule has 0 radical (unpaired) electrons. The third-order valence-corrected chi connectivity index (χ3v) is 7.63. The molecule has 0 unspecified atom stereocenters. The lowest BCUT2D eigenvalue weighted by Crippen LogP contribution is -2.45. The lowest BCUT2D eigenvalue weighted by atomic mass is 10.0. The SMILES string of the molecule is CC(C)CC(=O)N1CCNC(=O)c2csc(n2)[C@H](CC(C)C)NC(=O)c2coc(n2)[C@H](Cc2ccccc2)NC(=O)C1. The van der Waals surface area contributed by atoms with E-state index < -0.39 is 29.8 Å². The predicted octanol–water partition coefficient (Wildman–Crippen LogP) is 3.67. The van der Waals surface area contributed by atoms with Gasteiger partial charge in [-0.3, -0.25) is 19.2 Å². The topological polar surface area (TPSA) is 147 Å². The van der Waals surface area contributed by atoms with Crippen molar-refractivity contribution in [3.63, 3.8) is 0 Å². The van der Waals surface area contributed by atoms with Gasteiger partial charge in [0.15, 0.2) is 5.69 Å². The number of carbonyl (C=O) groups excluding carboxylic acids is 4. The molecule has 3 N–H and O–H groups in total.